The molecule has 0 atom stereocenters. The second-order valence-electron chi connectivity index (χ2n) is 6.54. The van der Waals surface area contributed by atoms with Gasteiger partial charge in [0.2, 0.25) is 0 Å². The van der Waals surface area contributed by atoms with Crippen molar-refractivity contribution in [3.63, 3.8) is 0 Å². The number of nitrogens with one attached hydrogen (secondary N) is 2. The molecule has 2 amide bonds. The highest BCUT2D eigenvalue weighted by atomic mass is 32.1. The fraction of sp³-hybridized carbons (Fsp3) is 0.350. The van der Waals surface area contributed by atoms with Crippen molar-refractivity contribution in [2.45, 2.75) is 38.6 Å². The number of ether oxygens (including phenoxy) is 1. The lowest BCUT2D eigenvalue weighted by Crippen LogP contribution is -2.33. The predicted molar refractivity (Wildman–Crippen MR) is 104 cm³/mol. The molecule has 0 saturated heterocycles. The number of carbonyl (C=O) groups is 3. The summed E-state index contributed by atoms with van der Waals surface area (Å²) in [4.78, 5) is 38.0. The monoisotopic (exact) mass is 386 g/mol. The summed E-state index contributed by atoms with van der Waals surface area (Å²) in [5.74, 6) is -1.22. The lowest BCUT2D eigenvalue weighted by Gasteiger charge is -2.15. The first kappa shape index (κ1) is 19.1. The number of aryl methyl sites for hydroxylation is 1. The number of thiophene rings is 1. The normalized spacial score (nSPS) is 14.0. The van der Waals surface area contributed by atoms with E-state index in [1.54, 1.807) is 30.3 Å². The van der Waals surface area contributed by atoms with Crippen molar-refractivity contribution >= 4 is 34.8 Å². The molecule has 1 aromatic heterocycles. The third kappa shape index (κ3) is 5.17. The van der Waals surface area contributed by atoms with Gasteiger partial charge in [0.25, 0.3) is 11.8 Å². The summed E-state index contributed by atoms with van der Waals surface area (Å²) < 4.78 is 5.04. The van der Waals surface area contributed by atoms with Crippen molar-refractivity contribution < 1.29 is 19.1 Å². The molecule has 0 aliphatic heterocycles. The number of para-hydroxylation sites is 1. The first-order chi connectivity index (χ1) is 13.0. The molecule has 7 heteroatoms. The van der Waals surface area contributed by atoms with Crippen LogP contribution in [0.5, 0.6) is 0 Å². The summed E-state index contributed by atoms with van der Waals surface area (Å²) in [6.07, 6.45) is 4.22. The van der Waals surface area contributed by atoms with E-state index in [1.807, 2.05) is 13.0 Å². The van der Waals surface area contributed by atoms with E-state index in [0.29, 0.717) is 16.1 Å². The predicted octanol–water partition coefficient (Wildman–Crippen LogP) is 3.52. The summed E-state index contributed by atoms with van der Waals surface area (Å²) in [5.41, 5.74) is 0.805. The molecule has 2 N–H and O–H groups in total. The molecule has 1 heterocycles. The molecule has 3 rings (SSSR count). The number of hydrogen-bond donors (Lipinski definition) is 2. The molecule has 1 aliphatic rings. The Morgan fingerprint density at radius 3 is 2.56 bits per heavy atom. The molecule has 1 saturated carbocycles. The molecule has 0 unspecified atom stereocenters. The van der Waals surface area contributed by atoms with E-state index in [2.05, 4.69) is 10.6 Å². The van der Waals surface area contributed by atoms with Crippen LogP contribution in [0.3, 0.4) is 0 Å². The summed E-state index contributed by atoms with van der Waals surface area (Å²) in [5, 5.41) is 5.66. The summed E-state index contributed by atoms with van der Waals surface area (Å²) in [6, 6.07) is 10.5. The van der Waals surface area contributed by atoms with Crippen molar-refractivity contribution in [3.8, 4) is 0 Å². The van der Waals surface area contributed by atoms with Crippen molar-refractivity contribution in [2.75, 3.05) is 11.9 Å². The van der Waals surface area contributed by atoms with Gasteiger partial charge < -0.3 is 15.4 Å². The lowest BCUT2D eigenvalue weighted by molar-refractivity contribution is -0.119. The largest absolute Gasteiger partial charge is 0.451 e. The highest BCUT2D eigenvalue weighted by molar-refractivity contribution is 7.13. The van der Waals surface area contributed by atoms with Gasteiger partial charge in [-0.15, -0.1) is 11.3 Å². The number of amides is 2. The maximum atomic E-state index is 12.5. The number of carbonyl (C=O) groups excluding carboxylic acids is 3. The molecule has 2 aromatic rings. The van der Waals surface area contributed by atoms with Crippen LogP contribution in [0.1, 0.15) is 50.6 Å². The van der Waals surface area contributed by atoms with Gasteiger partial charge in [-0.3, -0.25) is 9.59 Å². The van der Waals surface area contributed by atoms with E-state index in [0.717, 1.165) is 30.6 Å². The minimum absolute atomic E-state index is 0.191. The lowest BCUT2D eigenvalue weighted by atomic mass is 10.1. The van der Waals surface area contributed by atoms with Gasteiger partial charge in [-0.1, -0.05) is 25.0 Å². The molecule has 1 fully saturated rings. The minimum Gasteiger partial charge on any atom is -0.451 e. The Morgan fingerprint density at radius 2 is 1.85 bits per heavy atom. The van der Waals surface area contributed by atoms with Crippen LogP contribution in [0.25, 0.3) is 0 Å². The second-order valence-corrected chi connectivity index (χ2v) is 7.82. The third-order valence-electron chi connectivity index (χ3n) is 4.41. The Balaban J connectivity index is 1.57. The Morgan fingerprint density at radius 1 is 1.11 bits per heavy atom. The standard InChI is InChI=1S/C20H22N2O4S/c1-13-10-11-17(27-13)20(25)26-12-18(23)22-16-9-5-4-8-15(16)19(24)21-14-6-2-3-7-14/h4-5,8-11,14H,2-3,6-7,12H2,1H3,(H,21,24)(H,22,23). The molecule has 0 radical (unpaired) electrons. The Bertz CT molecular complexity index is 840. The molecule has 27 heavy (non-hydrogen) atoms. The summed E-state index contributed by atoms with van der Waals surface area (Å²) in [7, 11) is 0. The van der Waals surface area contributed by atoms with E-state index >= 15 is 0 Å². The van der Waals surface area contributed by atoms with Gasteiger partial charge in [0.1, 0.15) is 4.88 Å². The van der Waals surface area contributed by atoms with Crippen LogP contribution >= 0.6 is 11.3 Å². The quantitative estimate of drug-likeness (QED) is 0.744. The summed E-state index contributed by atoms with van der Waals surface area (Å²) in [6.45, 7) is 1.48. The Labute approximate surface area is 161 Å². The number of benzene rings is 1. The second kappa shape index (κ2) is 8.81. The number of anilines is 1. The maximum Gasteiger partial charge on any atom is 0.348 e. The van der Waals surface area contributed by atoms with Crippen LogP contribution < -0.4 is 10.6 Å². The van der Waals surface area contributed by atoms with E-state index in [4.69, 9.17) is 4.74 Å². The zero-order valence-electron chi connectivity index (χ0n) is 15.1. The molecule has 6 nitrogen and oxygen atoms in total. The fourth-order valence-electron chi connectivity index (χ4n) is 3.06. The minimum atomic E-state index is -0.532. The molecule has 0 bridgehead atoms. The number of hydrogen-bond acceptors (Lipinski definition) is 5. The smallest absolute Gasteiger partial charge is 0.348 e. The Kier molecular flexibility index (Phi) is 6.24. The van der Waals surface area contributed by atoms with E-state index in [9.17, 15) is 14.4 Å². The zero-order valence-corrected chi connectivity index (χ0v) is 15.9. The van der Waals surface area contributed by atoms with Crippen LogP contribution in [-0.4, -0.2) is 30.4 Å². The first-order valence-electron chi connectivity index (χ1n) is 8.96. The van der Waals surface area contributed by atoms with Gasteiger partial charge in [0.05, 0.1) is 11.3 Å². The third-order valence-corrected chi connectivity index (χ3v) is 5.39. The zero-order chi connectivity index (χ0) is 19.2. The Hall–Kier alpha value is -2.67. The number of esters is 1. The topological polar surface area (TPSA) is 84.5 Å². The van der Waals surface area contributed by atoms with Crippen LogP contribution in [0.2, 0.25) is 0 Å². The van der Waals surface area contributed by atoms with Gasteiger partial charge in [-0.2, -0.15) is 0 Å². The van der Waals surface area contributed by atoms with Crippen molar-refractivity contribution in [2.24, 2.45) is 0 Å². The average Bonchev–Trinajstić information content (AvgIpc) is 3.32. The van der Waals surface area contributed by atoms with Crippen molar-refractivity contribution in [1.82, 2.24) is 5.32 Å². The molecule has 1 aliphatic carbocycles. The van der Waals surface area contributed by atoms with Crippen LogP contribution in [0.4, 0.5) is 5.69 Å². The molecule has 1 aromatic carbocycles. The van der Waals surface area contributed by atoms with Crippen molar-refractivity contribution in [1.29, 1.82) is 0 Å². The fourth-order valence-corrected chi connectivity index (χ4v) is 3.82. The van der Waals surface area contributed by atoms with Crippen LogP contribution in [0, 0.1) is 6.92 Å². The average molecular weight is 386 g/mol. The van der Waals surface area contributed by atoms with Gasteiger partial charge >= 0.3 is 5.97 Å². The highest BCUT2D eigenvalue weighted by Crippen LogP contribution is 2.20. The van der Waals surface area contributed by atoms with E-state index in [-0.39, 0.29) is 11.9 Å². The maximum absolute atomic E-state index is 12.5. The number of rotatable bonds is 6. The van der Waals surface area contributed by atoms with Gasteiger partial charge in [0, 0.05) is 10.9 Å². The first-order valence-corrected chi connectivity index (χ1v) is 9.78. The highest BCUT2D eigenvalue weighted by Gasteiger charge is 2.20. The van der Waals surface area contributed by atoms with Gasteiger partial charge in [-0.25, -0.2) is 4.79 Å². The molecular weight excluding hydrogens is 364 g/mol. The summed E-state index contributed by atoms with van der Waals surface area (Å²) >= 11 is 1.31. The molecule has 0 spiro atoms. The SMILES string of the molecule is Cc1ccc(C(=O)OCC(=O)Nc2ccccc2C(=O)NC2CCCC2)s1. The van der Waals surface area contributed by atoms with Gasteiger partial charge in [-0.05, 0) is 44.0 Å². The van der Waals surface area contributed by atoms with Crippen LogP contribution in [0.15, 0.2) is 36.4 Å². The molecule has 142 valence electrons. The van der Waals surface area contributed by atoms with Crippen molar-refractivity contribution in [3.05, 3.63) is 51.7 Å². The van der Waals surface area contributed by atoms with E-state index < -0.39 is 18.5 Å². The van der Waals surface area contributed by atoms with Gasteiger partial charge in [0.15, 0.2) is 6.61 Å². The molecular formula is C20H22N2O4S. The van der Waals surface area contributed by atoms with E-state index in [1.165, 1.54) is 11.3 Å². The van der Waals surface area contributed by atoms with Crippen LogP contribution in [-0.2, 0) is 9.53 Å².